The van der Waals surface area contributed by atoms with Crippen molar-refractivity contribution in [2.75, 3.05) is 0 Å². The van der Waals surface area contributed by atoms with E-state index in [1.807, 2.05) is 0 Å². The highest BCUT2D eigenvalue weighted by atomic mass is 79.9. The van der Waals surface area contributed by atoms with Crippen molar-refractivity contribution < 1.29 is 0 Å². The van der Waals surface area contributed by atoms with E-state index in [0.29, 0.717) is 0 Å². The van der Waals surface area contributed by atoms with Crippen LogP contribution in [0.4, 0.5) is 0 Å². The number of halogens is 2. The lowest BCUT2D eigenvalue weighted by Gasteiger charge is -2.09. The fourth-order valence-corrected chi connectivity index (χ4v) is 3.44. The summed E-state index contributed by atoms with van der Waals surface area (Å²) in [6.07, 6.45) is 0. The molecule has 0 aliphatic heterocycles. The lowest BCUT2D eigenvalue weighted by atomic mass is 10.1. The van der Waals surface area contributed by atoms with Gasteiger partial charge in [0, 0.05) is 5.30 Å². The van der Waals surface area contributed by atoms with Gasteiger partial charge in [-0.2, -0.15) is 0 Å². The lowest BCUT2D eigenvalue weighted by molar-refractivity contribution is 1.32. The van der Waals surface area contributed by atoms with Gasteiger partial charge in [-0.15, -0.1) is 0 Å². The maximum Gasteiger partial charge on any atom is 0.0912 e. The molecule has 0 N–H and O–H groups in total. The third-order valence-corrected chi connectivity index (χ3v) is 4.53. The number of hydrogen-bond acceptors (Lipinski definition) is 0. The first-order valence-electron chi connectivity index (χ1n) is 3.72. The topological polar surface area (TPSA) is 0 Å². The van der Waals surface area contributed by atoms with Gasteiger partial charge >= 0.3 is 0 Å². The summed E-state index contributed by atoms with van der Waals surface area (Å²) in [4.78, 5) is 0. The summed E-state index contributed by atoms with van der Waals surface area (Å²) in [6, 6.07) is 4.35. The van der Waals surface area contributed by atoms with Gasteiger partial charge in [0.1, 0.15) is 0 Å². The van der Waals surface area contributed by atoms with E-state index in [2.05, 4.69) is 48.4 Å². The normalized spacial score (nSPS) is 13.1. The van der Waals surface area contributed by atoms with Crippen molar-refractivity contribution in [3.8, 4) is 0 Å². The molecule has 0 spiro atoms. The quantitative estimate of drug-likeness (QED) is 0.668. The molecule has 0 nitrogen and oxygen atoms in total. The Kier molecular flexibility index (Phi) is 3.58. The molecular weight excluding hydrogens is 254 g/mol. The van der Waals surface area contributed by atoms with E-state index in [4.69, 9.17) is 11.2 Å². The van der Waals surface area contributed by atoms with Gasteiger partial charge < -0.3 is 0 Å². The van der Waals surface area contributed by atoms with Gasteiger partial charge in [0.2, 0.25) is 0 Å². The standard InChI is InChI=1S/C9H11BrClP/c1-6-4-8(3)9(12(10)11)5-7(6)2/h4-5H,1-3H3. The van der Waals surface area contributed by atoms with Crippen LogP contribution in [0, 0.1) is 20.8 Å². The van der Waals surface area contributed by atoms with Crippen LogP contribution >= 0.6 is 32.7 Å². The first-order chi connectivity index (χ1) is 5.52. The molecule has 0 aromatic heterocycles. The summed E-state index contributed by atoms with van der Waals surface area (Å²) >= 11 is 9.44. The molecule has 0 radical (unpaired) electrons. The summed E-state index contributed by atoms with van der Waals surface area (Å²) < 4.78 is 0. The molecule has 1 rings (SSSR count). The molecule has 3 heteroatoms. The fraction of sp³-hybridized carbons (Fsp3) is 0.333. The van der Waals surface area contributed by atoms with Crippen molar-refractivity contribution >= 4 is 38.0 Å². The second kappa shape index (κ2) is 4.09. The third-order valence-electron chi connectivity index (χ3n) is 1.99. The van der Waals surface area contributed by atoms with Gasteiger partial charge in [0.15, 0.2) is 0 Å². The van der Waals surface area contributed by atoms with Crippen molar-refractivity contribution in [2.24, 2.45) is 0 Å². The molecule has 1 aromatic carbocycles. The Morgan fingerprint density at radius 1 is 1.08 bits per heavy atom. The minimum atomic E-state index is -0.660. The monoisotopic (exact) mass is 264 g/mol. The first-order valence-corrected chi connectivity index (χ1v) is 7.98. The van der Waals surface area contributed by atoms with Crippen LogP contribution in [0.3, 0.4) is 0 Å². The second-order valence-corrected chi connectivity index (χ2v) is 8.27. The smallest absolute Gasteiger partial charge is 0.0782 e. The molecule has 0 amide bonds. The van der Waals surface area contributed by atoms with E-state index >= 15 is 0 Å². The van der Waals surface area contributed by atoms with Gasteiger partial charge in [0.25, 0.3) is 0 Å². The number of rotatable bonds is 1. The summed E-state index contributed by atoms with van der Waals surface area (Å²) in [7, 11) is 0. The molecular formula is C9H11BrClP. The predicted octanol–water partition coefficient (Wildman–Crippen LogP) is 4.18. The van der Waals surface area contributed by atoms with Crippen molar-refractivity contribution in [2.45, 2.75) is 20.8 Å². The average Bonchev–Trinajstić information content (AvgIpc) is 1.96. The molecule has 0 heterocycles. The predicted molar refractivity (Wildman–Crippen MR) is 62.0 cm³/mol. The van der Waals surface area contributed by atoms with Gasteiger partial charge in [0.05, 0.1) is 5.98 Å². The van der Waals surface area contributed by atoms with Gasteiger partial charge in [-0.3, -0.25) is 0 Å². The van der Waals surface area contributed by atoms with Crippen LogP contribution in [-0.2, 0) is 0 Å². The molecule has 0 aliphatic rings. The van der Waals surface area contributed by atoms with Crippen LogP contribution in [0.5, 0.6) is 0 Å². The maximum absolute atomic E-state index is 6.01. The van der Waals surface area contributed by atoms with Gasteiger partial charge in [-0.1, -0.05) is 17.3 Å². The van der Waals surface area contributed by atoms with Crippen LogP contribution < -0.4 is 5.30 Å². The Morgan fingerprint density at radius 3 is 2.08 bits per heavy atom. The largest absolute Gasteiger partial charge is 0.0912 e. The van der Waals surface area contributed by atoms with Crippen molar-refractivity contribution in [1.29, 1.82) is 0 Å². The third kappa shape index (κ3) is 2.22. The van der Waals surface area contributed by atoms with E-state index < -0.39 is 5.98 Å². The zero-order valence-corrected chi connectivity index (χ0v) is 10.6. The Bertz CT molecular complexity index is 297. The van der Waals surface area contributed by atoms with Gasteiger partial charge in [-0.25, -0.2) is 0 Å². The molecule has 0 fully saturated rings. The van der Waals surface area contributed by atoms with E-state index in [1.54, 1.807) is 0 Å². The molecule has 1 aromatic rings. The van der Waals surface area contributed by atoms with E-state index in [0.717, 1.165) is 0 Å². The zero-order chi connectivity index (χ0) is 9.30. The molecule has 0 saturated heterocycles. The zero-order valence-electron chi connectivity index (χ0n) is 7.36. The summed E-state index contributed by atoms with van der Waals surface area (Å²) in [5.41, 5.74) is 3.91. The molecule has 1 unspecified atom stereocenters. The molecule has 1 atom stereocenters. The molecule has 66 valence electrons. The van der Waals surface area contributed by atoms with Crippen LogP contribution in [0.15, 0.2) is 12.1 Å². The van der Waals surface area contributed by atoms with E-state index in [1.165, 1.54) is 22.0 Å². The maximum atomic E-state index is 6.01. The first kappa shape index (κ1) is 10.5. The number of aryl methyl sites for hydroxylation is 3. The Balaban J connectivity index is 3.23. The van der Waals surface area contributed by atoms with Gasteiger partial charge in [-0.05, 0) is 59.0 Å². The molecule has 0 aliphatic carbocycles. The average molecular weight is 266 g/mol. The summed E-state index contributed by atoms with van der Waals surface area (Å²) in [6.45, 7) is 6.33. The minimum Gasteiger partial charge on any atom is -0.0782 e. The highest BCUT2D eigenvalue weighted by Crippen LogP contribution is 2.49. The van der Waals surface area contributed by atoms with Crippen LogP contribution in [-0.4, -0.2) is 0 Å². The van der Waals surface area contributed by atoms with E-state index in [-0.39, 0.29) is 0 Å². The highest BCUT2D eigenvalue weighted by Gasteiger charge is 2.07. The fourth-order valence-electron chi connectivity index (χ4n) is 1.13. The van der Waals surface area contributed by atoms with Crippen LogP contribution in [0.25, 0.3) is 0 Å². The Hall–Kier alpha value is 0.420. The molecule has 0 saturated carbocycles. The minimum absolute atomic E-state index is 0.660. The lowest BCUT2D eigenvalue weighted by Crippen LogP contribution is -2.02. The Labute approximate surface area is 87.6 Å². The van der Waals surface area contributed by atoms with Crippen LogP contribution in [0.2, 0.25) is 0 Å². The van der Waals surface area contributed by atoms with Crippen molar-refractivity contribution in [3.05, 3.63) is 28.8 Å². The highest BCUT2D eigenvalue weighted by molar-refractivity contribution is 9.42. The summed E-state index contributed by atoms with van der Waals surface area (Å²) in [5, 5.41) is 1.23. The van der Waals surface area contributed by atoms with Crippen molar-refractivity contribution in [1.82, 2.24) is 0 Å². The Morgan fingerprint density at radius 2 is 1.58 bits per heavy atom. The number of hydrogen-bond donors (Lipinski definition) is 0. The van der Waals surface area contributed by atoms with E-state index in [9.17, 15) is 0 Å². The summed E-state index contributed by atoms with van der Waals surface area (Å²) in [5.74, 6) is -0.660. The second-order valence-electron chi connectivity index (χ2n) is 2.96. The number of benzene rings is 1. The van der Waals surface area contributed by atoms with Crippen molar-refractivity contribution in [3.63, 3.8) is 0 Å². The molecule has 0 bridgehead atoms. The van der Waals surface area contributed by atoms with Crippen LogP contribution in [0.1, 0.15) is 16.7 Å². The SMILES string of the molecule is Cc1cc(C)c(P(Cl)Br)cc1C. The molecule has 12 heavy (non-hydrogen) atoms.